The molecule has 0 aliphatic rings. The lowest BCUT2D eigenvalue weighted by Crippen LogP contribution is -2.09. The Balaban J connectivity index is 1.81. The van der Waals surface area contributed by atoms with E-state index in [0.717, 1.165) is 11.4 Å². The summed E-state index contributed by atoms with van der Waals surface area (Å²) in [4.78, 5) is 25.9. The largest absolute Gasteiger partial charge is 0.478 e. The Labute approximate surface area is 143 Å². The first kappa shape index (κ1) is 16.4. The van der Waals surface area contributed by atoms with Crippen LogP contribution in [0.2, 0.25) is 0 Å². The number of rotatable bonds is 6. The summed E-state index contributed by atoms with van der Waals surface area (Å²) in [6.45, 7) is 0.394. The zero-order valence-electron chi connectivity index (χ0n) is 13.2. The third-order valence-electron chi connectivity index (χ3n) is 3.90. The second-order valence-electron chi connectivity index (χ2n) is 5.53. The first-order chi connectivity index (χ1) is 12.0. The molecule has 3 aromatic rings. The van der Waals surface area contributed by atoms with E-state index in [2.05, 4.69) is 4.98 Å². The molecule has 25 heavy (non-hydrogen) atoms. The van der Waals surface area contributed by atoms with Gasteiger partial charge in [0, 0.05) is 37.5 Å². The monoisotopic (exact) mass is 337 g/mol. The van der Waals surface area contributed by atoms with E-state index < -0.39 is 10.9 Å². The molecule has 3 rings (SSSR count). The molecule has 0 amide bonds. The van der Waals surface area contributed by atoms with E-state index in [1.54, 1.807) is 48.8 Å². The van der Waals surface area contributed by atoms with Crippen molar-refractivity contribution in [3.05, 3.63) is 93.6 Å². The van der Waals surface area contributed by atoms with E-state index in [4.69, 9.17) is 0 Å². The molecule has 1 heterocycles. The van der Waals surface area contributed by atoms with Gasteiger partial charge in [-0.3, -0.25) is 10.1 Å². The lowest BCUT2D eigenvalue weighted by molar-refractivity contribution is -0.384. The predicted molar refractivity (Wildman–Crippen MR) is 90.6 cm³/mol. The highest BCUT2D eigenvalue weighted by atomic mass is 16.6. The Morgan fingerprint density at radius 2 is 1.88 bits per heavy atom. The molecule has 0 fully saturated rings. The average Bonchev–Trinajstić information content (AvgIpc) is 3.02. The van der Waals surface area contributed by atoms with Crippen LogP contribution in [0.3, 0.4) is 0 Å². The quantitative estimate of drug-likeness (QED) is 0.550. The Hall–Kier alpha value is -3.48. The van der Waals surface area contributed by atoms with Crippen LogP contribution >= 0.6 is 0 Å². The SMILES string of the molecule is O=C(O)c1ccccc1Cn1ccnc1Cc1ccc([N+](=O)[O-])cc1. The summed E-state index contributed by atoms with van der Waals surface area (Å²) in [6.07, 6.45) is 3.95. The fraction of sp³-hybridized carbons (Fsp3) is 0.111. The lowest BCUT2D eigenvalue weighted by Gasteiger charge is -2.10. The third-order valence-corrected chi connectivity index (χ3v) is 3.90. The van der Waals surface area contributed by atoms with Gasteiger partial charge in [-0.1, -0.05) is 30.3 Å². The number of nitro groups is 1. The number of aromatic carboxylic acids is 1. The van der Waals surface area contributed by atoms with Crippen LogP contribution < -0.4 is 0 Å². The van der Waals surface area contributed by atoms with Crippen molar-refractivity contribution < 1.29 is 14.8 Å². The first-order valence-electron chi connectivity index (χ1n) is 7.59. The van der Waals surface area contributed by atoms with Crippen LogP contribution in [0, 0.1) is 10.1 Å². The summed E-state index contributed by atoms with van der Waals surface area (Å²) in [7, 11) is 0. The van der Waals surface area contributed by atoms with E-state index >= 15 is 0 Å². The van der Waals surface area contributed by atoms with Gasteiger partial charge >= 0.3 is 5.97 Å². The number of carboxylic acids is 1. The maximum Gasteiger partial charge on any atom is 0.336 e. The maximum absolute atomic E-state index is 11.3. The summed E-state index contributed by atoms with van der Waals surface area (Å²) in [6, 6.07) is 13.2. The molecule has 0 bridgehead atoms. The van der Waals surface area contributed by atoms with Crippen LogP contribution in [0.1, 0.15) is 27.3 Å². The van der Waals surface area contributed by atoms with Gasteiger partial charge in [-0.05, 0) is 17.2 Å². The smallest absolute Gasteiger partial charge is 0.336 e. The number of hydrogen-bond acceptors (Lipinski definition) is 4. The Bertz CT molecular complexity index is 916. The average molecular weight is 337 g/mol. The summed E-state index contributed by atoms with van der Waals surface area (Å²) in [5.74, 6) is -0.207. The summed E-state index contributed by atoms with van der Waals surface area (Å²) in [5, 5.41) is 20.0. The van der Waals surface area contributed by atoms with Crippen LogP contribution in [0.25, 0.3) is 0 Å². The highest BCUT2D eigenvalue weighted by Crippen LogP contribution is 2.16. The topological polar surface area (TPSA) is 98.3 Å². The number of carboxylic acid groups (broad SMARTS) is 1. The van der Waals surface area contributed by atoms with Crippen molar-refractivity contribution in [1.82, 2.24) is 9.55 Å². The molecule has 1 aromatic heterocycles. The molecule has 7 heteroatoms. The van der Waals surface area contributed by atoms with Crippen molar-refractivity contribution in [2.75, 3.05) is 0 Å². The number of carbonyl (C=O) groups is 1. The number of non-ortho nitro benzene ring substituents is 1. The van der Waals surface area contributed by atoms with Crippen LogP contribution in [-0.2, 0) is 13.0 Å². The molecular weight excluding hydrogens is 322 g/mol. The summed E-state index contributed by atoms with van der Waals surface area (Å²) in [5.41, 5.74) is 1.89. The lowest BCUT2D eigenvalue weighted by atomic mass is 10.1. The fourth-order valence-electron chi connectivity index (χ4n) is 2.62. The summed E-state index contributed by atoms with van der Waals surface area (Å²) >= 11 is 0. The van der Waals surface area contributed by atoms with Gasteiger partial charge in [-0.15, -0.1) is 0 Å². The molecule has 1 N–H and O–H groups in total. The van der Waals surface area contributed by atoms with E-state index in [0.29, 0.717) is 18.5 Å². The van der Waals surface area contributed by atoms with Gasteiger partial charge in [-0.2, -0.15) is 0 Å². The predicted octanol–water partition coefficient (Wildman–Crippen LogP) is 3.13. The molecule has 0 saturated heterocycles. The van der Waals surface area contributed by atoms with Gasteiger partial charge in [0.1, 0.15) is 5.82 Å². The number of benzene rings is 2. The number of nitro benzene ring substituents is 1. The molecule has 0 aliphatic carbocycles. The van der Waals surface area contributed by atoms with Crippen molar-refractivity contribution in [2.45, 2.75) is 13.0 Å². The molecule has 0 radical (unpaired) electrons. The van der Waals surface area contributed by atoms with Crippen LogP contribution in [0.15, 0.2) is 60.9 Å². The first-order valence-corrected chi connectivity index (χ1v) is 7.59. The van der Waals surface area contributed by atoms with Crippen molar-refractivity contribution in [1.29, 1.82) is 0 Å². The highest BCUT2D eigenvalue weighted by Gasteiger charge is 2.12. The third kappa shape index (κ3) is 3.72. The summed E-state index contributed by atoms with van der Waals surface area (Å²) < 4.78 is 1.88. The van der Waals surface area contributed by atoms with Crippen molar-refractivity contribution >= 4 is 11.7 Å². The van der Waals surface area contributed by atoms with Crippen molar-refractivity contribution in [3.63, 3.8) is 0 Å². The Morgan fingerprint density at radius 1 is 1.16 bits per heavy atom. The molecule has 0 spiro atoms. The molecule has 2 aromatic carbocycles. The van der Waals surface area contributed by atoms with E-state index in [-0.39, 0.29) is 11.3 Å². The molecule has 0 aliphatic heterocycles. The zero-order chi connectivity index (χ0) is 17.8. The zero-order valence-corrected chi connectivity index (χ0v) is 13.2. The van der Waals surface area contributed by atoms with Gasteiger partial charge in [0.25, 0.3) is 5.69 Å². The Kier molecular flexibility index (Phi) is 4.56. The standard InChI is InChI=1S/C18H15N3O4/c22-18(23)16-4-2-1-3-14(16)12-20-10-9-19-17(20)11-13-5-7-15(8-6-13)21(24)25/h1-10H,11-12H2,(H,22,23). The highest BCUT2D eigenvalue weighted by molar-refractivity contribution is 5.89. The van der Waals surface area contributed by atoms with Gasteiger partial charge in [0.2, 0.25) is 0 Å². The van der Waals surface area contributed by atoms with Crippen LogP contribution in [0.5, 0.6) is 0 Å². The van der Waals surface area contributed by atoms with Crippen molar-refractivity contribution in [2.24, 2.45) is 0 Å². The molecule has 0 unspecified atom stereocenters. The van der Waals surface area contributed by atoms with E-state index in [9.17, 15) is 20.0 Å². The normalized spacial score (nSPS) is 10.6. The van der Waals surface area contributed by atoms with Gasteiger partial charge < -0.3 is 9.67 Å². The van der Waals surface area contributed by atoms with E-state index in [1.807, 2.05) is 4.57 Å². The molecular formula is C18H15N3O4. The Morgan fingerprint density at radius 3 is 2.56 bits per heavy atom. The van der Waals surface area contributed by atoms with Crippen LogP contribution in [0.4, 0.5) is 5.69 Å². The van der Waals surface area contributed by atoms with Gasteiger partial charge in [-0.25, -0.2) is 9.78 Å². The minimum Gasteiger partial charge on any atom is -0.478 e. The molecule has 0 atom stereocenters. The van der Waals surface area contributed by atoms with Crippen molar-refractivity contribution in [3.8, 4) is 0 Å². The number of aromatic nitrogens is 2. The maximum atomic E-state index is 11.3. The number of nitrogens with zero attached hydrogens (tertiary/aromatic N) is 3. The second kappa shape index (κ2) is 6.96. The van der Waals surface area contributed by atoms with Gasteiger partial charge in [0.15, 0.2) is 0 Å². The minimum absolute atomic E-state index is 0.0440. The van der Waals surface area contributed by atoms with E-state index in [1.165, 1.54) is 12.1 Å². The molecule has 126 valence electrons. The van der Waals surface area contributed by atoms with Gasteiger partial charge in [0.05, 0.1) is 10.5 Å². The van der Waals surface area contributed by atoms with Crippen LogP contribution in [-0.4, -0.2) is 25.6 Å². The number of hydrogen-bond donors (Lipinski definition) is 1. The molecule has 7 nitrogen and oxygen atoms in total. The second-order valence-corrected chi connectivity index (χ2v) is 5.53. The fourth-order valence-corrected chi connectivity index (χ4v) is 2.62. The molecule has 0 saturated carbocycles. The number of imidazole rings is 1. The minimum atomic E-state index is -0.965.